The first-order valence-corrected chi connectivity index (χ1v) is 7.59. The Hall–Kier alpha value is -2.21. The minimum atomic E-state index is -0.290. The van der Waals surface area contributed by atoms with Gasteiger partial charge in [0.2, 0.25) is 0 Å². The molecular weight excluding hydrogens is 284 g/mol. The zero-order chi connectivity index (χ0) is 15.0. The number of rotatable bonds is 2. The maximum absolute atomic E-state index is 12.3. The molecule has 2 aromatic heterocycles. The van der Waals surface area contributed by atoms with Gasteiger partial charge in [-0.05, 0) is 26.0 Å². The van der Waals surface area contributed by atoms with E-state index >= 15 is 0 Å². The van der Waals surface area contributed by atoms with Gasteiger partial charge in [-0.3, -0.25) is 9.48 Å². The summed E-state index contributed by atoms with van der Waals surface area (Å²) in [7, 11) is 1.80. The van der Waals surface area contributed by atoms with Crippen LogP contribution in [0, 0.1) is 6.92 Å². The normalized spacial score (nSPS) is 12.2. The average Bonchev–Trinajstić information content (AvgIpc) is 2.97. The van der Waals surface area contributed by atoms with E-state index in [-0.39, 0.29) is 5.91 Å². The Labute approximate surface area is 126 Å². The highest BCUT2D eigenvalue weighted by molar-refractivity contribution is 7.16. The molecule has 0 bridgehead atoms. The van der Waals surface area contributed by atoms with E-state index in [0.29, 0.717) is 10.5 Å². The molecule has 0 aliphatic heterocycles. The number of nitrogens with zero attached hydrogens (tertiary/aromatic N) is 4. The van der Waals surface area contributed by atoms with Gasteiger partial charge in [-0.2, -0.15) is 10.1 Å². The number of hydrogen-bond acceptors (Lipinski definition) is 3. The molecule has 3 aromatic rings. The lowest BCUT2D eigenvalue weighted by Gasteiger charge is -1.99. The highest BCUT2D eigenvalue weighted by Gasteiger charge is 2.13. The molecule has 0 spiro atoms. The summed E-state index contributed by atoms with van der Waals surface area (Å²) in [6.45, 7) is 4.69. The van der Waals surface area contributed by atoms with E-state index in [2.05, 4.69) is 21.6 Å². The van der Waals surface area contributed by atoms with Crippen LogP contribution >= 0.6 is 11.3 Å². The lowest BCUT2D eigenvalue weighted by atomic mass is 10.3. The molecule has 1 aromatic carbocycles. The molecule has 6 heteroatoms. The van der Waals surface area contributed by atoms with Gasteiger partial charge >= 0.3 is 0 Å². The molecule has 21 heavy (non-hydrogen) atoms. The van der Waals surface area contributed by atoms with Crippen molar-refractivity contribution in [2.75, 3.05) is 0 Å². The molecule has 0 unspecified atom stereocenters. The van der Waals surface area contributed by atoms with Crippen LogP contribution in [0.3, 0.4) is 0 Å². The molecule has 5 nitrogen and oxygen atoms in total. The highest BCUT2D eigenvalue weighted by Crippen LogP contribution is 2.16. The fourth-order valence-electron chi connectivity index (χ4n) is 2.37. The molecule has 0 radical (unpaired) electrons. The van der Waals surface area contributed by atoms with E-state index in [9.17, 15) is 4.79 Å². The SMILES string of the molecule is CCn1c(=NC(=O)c2nn(C)cc2C)sc2ccccc21. The van der Waals surface area contributed by atoms with Gasteiger partial charge in [0.25, 0.3) is 5.91 Å². The molecule has 0 aliphatic carbocycles. The van der Waals surface area contributed by atoms with Gasteiger partial charge in [0, 0.05) is 25.4 Å². The number of aromatic nitrogens is 3. The Kier molecular flexibility index (Phi) is 3.47. The number of amides is 1. The van der Waals surface area contributed by atoms with Gasteiger partial charge in [-0.1, -0.05) is 23.5 Å². The summed E-state index contributed by atoms with van der Waals surface area (Å²) >= 11 is 1.53. The van der Waals surface area contributed by atoms with Crippen LogP contribution in [0.4, 0.5) is 0 Å². The lowest BCUT2D eigenvalue weighted by molar-refractivity contribution is 0.0992. The van der Waals surface area contributed by atoms with Gasteiger partial charge in [-0.25, -0.2) is 0 Å². The van der Waals surface area contributed by atoms with Crippen molar-refractivity contribution >= 4 is 27.5 Å². The number of carbonyl (C=O) groups excluding carboxylic acids is 1. The number of para-hydroxylation sites is 1. The van der Waals surface area contributed by atoms with Crippen molar-refractivity contribution in [3.8, 4) is 0 Å². The molecule has 108 valence electrons. The Morgan fingerprint density at radius 3 is 2.81 bits per heavy atom. The van der Waals surface area contributed by atoms with Crippen LogP contribution in [-0.2, 0) is 13.6 Å². The molecular formula is C15H16N4OS. The number of hydrogen-bond donors (Lipinski definition) is 0. The number of aryl methyl sites for hydroxylation is 3. The molecule has 3 rings (SSSR count). The Balaban J connectivity index is 2.15. The number of fused-ring (bicyclic) bond motifs is 1. The summed E-state index contributed by atoms with van der Waals surface area (Å²) in [6, 6.07) is 8.08. The van der Waals surface area contributed by atoms with E-state index in [1.807, 2.05) is 37.4 Å². The van der Waals surface area contributed by atoms with E-state index in [1.165, 1.54) is 11.3 Å². The maximum atomic E-state index is 12.3. The Morgan fingerprint density at radius 1 is 1.38 bits per heavy atom. The topological polar surface area (TPSA) is 52.2 Å². The van der Waals surface area contributed by atoms with Crippen LogP contribution in [0.5, 0.6) is 0 Å². The first kappa shape index (κ1) is 13.8. The van der Waals surface area contributed by atoms with Crippen LogP contribution in [0.25, 0.3) is 10.2 Å². The van der Waals surface area contributed by atoms with Crippen molar-refractivity contribution in [3.63, 3.8) is 0 Å². The fraction of sp³-hybridized carbons (Fsp3) is 0.267. The third-order valence-corrected chi connectivity index (χ3v) is 4.38. The largest absolute Gasteiger partial charge is 0.317 e. The summed E-state index contributed by atoms with van der Waals surface area (Å²) in [5, 5.41) is 4.18. The van der Waals surface area contributed by atoms with Crippen LogP contribution in [0.2, 0.25) is 0 Å². The van der Waals surface area contributed by atoms with Gasteiger partial charge in [-0.15, -0.1) is 0 Å². The third kappa shape index (κ3) is 2.42. The third-order valence-electron chi connectivity index (χ3n) is 3.32. The number of carbonyl (C=O) groups is 1. The standard InChI is InChI=1S/C15H16N4OS/c1-4-19-11-7-5-6-8-12(11)21-15(19)16-14(20)13-10(2)9-18(3)17-13/h5-9H,4H2,1-3H3. The first-order valence-electron chi connectivity index (χ1n) is 6.78. The van der Waals surface area contributed by atoms with Crippen molar-refractivity contribution in [2.45, 2.75) is 20.4 Å². The minimum absolute atomic E-state index is 0.290. The highest BCUT2D eigenvalue weighted by atomic mass is 32.1. The zero-order valence-corrected chi connectivity index (χ0v) is 13.0. The Bertz CT molecular complexity index is 885. The monoisotopic (exact) mass is 300 g/mol. The predicted molar refractivity (Wildman–Crippen MR) is 83.3 cm³/mol. The van der Waals surface area contributed by atoms with E-state index in [4.69, 9.17) is 0 Å². The summed E-state index contributed by atoms with van der Waals surface area (Å²) in [5.41, 5.74) is 2.36. The van der Waals surface area contributed by atoms with Crippen molar-refractivity contribution in [3.05, 3.63) is 46.5 Å². The average molecular weight is 300 g/mol. The van der Waals surface area contributed by atoms with Gasteiger partial charge in [0.05, 0.1) is 10.2 Å². The van der Waals surface area contributed by atoms with Crippen LogP contribution in [0.15, 0.2) is 35.5 Å². The van der Waals surface area contributed by atoms with Crippen LogP contribution < -0.4 is 4.80 Å². The van der Waals surface area contributed by atoms with E-state index in [1.54, 1.807) is 11.7 Å². The van der Waals surface area contributed by atoms with E-state index < -0.39 is 0 Å². The number of thiazole rings is 1. The second-order valence-electron chi connectivity index (χ2n) is 4.85. The smallest absolute Gasteiger partial charge is 0.300 e. The molecule has 0 saturated heterocycles. The van der Waals surface area contributed by atoms with Gasteiger partial charge in [0.1, 0.15) is 0 Å². The van der Waals surface area contributed by atoms with E-state index in [0.717, 1.165) is 22.3 Å². The number of benzene rings is 1. The summed E-state index contributed by atoms with van der Waals surface area (Å²) < 4.78 is 4.82. The predicted octanol–water partition coefficient (Wildman–Crippen LogP) is 2.51. The lowest BCUT2D eigenvalue weighted by Crippen LogP contribution is -2.16. The first-order chi connectivity index (χ1) is 10.1. The molecule has 0 saturated carbocycles. The Morgan fingerprint density at radius 2 is 2.14 bits per heavy atom. The summed E-state index contributed by atoms with van der Waals surface area (Å²) in [5.74, 6) is -0.290. The van der Waals surface area contributed by atoms with Crippen molar-refractivity contribution in [2.24, 2.45) is 12.0 Å². The molecule has 0 fully saturated rings. The molecule has 1 amide bonds. The van der Waals surface area contributed by atoms with Gasteiger partial charge in [0.15, 0.2) is 10.5 Å². The quantitative estimate of drug-likeness (QED) is 0.730. The van der Waals surface area contributed by atoms with Crippen molar-refractivity contribution in [1.29, 1.82) is 0 Å². The van der Waals surface area contributed by atoms with Gasteiger partial charge < -0.3 is 4.57 Å². The van der Waals surface area contributed by atoms with Crippen LogP contribution in [0.1, 0.15) is 23.0 Å². The summed E-state index contributed by atoms with van der Waals surface area (Å²) in [4.78, 5) is 17.3. The second-order valence-corrected chi connectivity index (χ2v) is 5.86. The second kappa shape index (κ2) is 5.29. The van der Waals surface area contributed by atoms with Crippen LogP contribution in [-0.4, -0.2) is 20.3 Å². The molecule has 0 N–H and O–H groups in total. The van der Waals surface area contributed by atoms with Crippen molar-refractivity contribution in [1.82, 2.24) is 14.3 Å². The zero-order valence-electron chi connectivity index (χ0n) is 12.2. The molecule has 2 heterocycles. The molecule has 0 aliphatic rings. The maximum Gasteiger partial charge on any atom is 0.300 e. The molecule has 0 atom stereocenters. The fourth-order valence-corrected chi connectivity index (χ4v) is 3.46. The summed E-state index contributed by atoms with van der Waals surface area (Å²) in [6.07, 6.45) is 1.82. The minimum Gasteiger partial charge on any atom is -0.317 e. The van der Waals surface area contributed by atoms with Crippen molar-refractivity contribution < 1.29 is 4.79 Å².